The van der Waals surface area contributed by atoms with Gasteiger partial charge in [-0.05, 0) is 31.6 Å². The van der Waals surface area contributed by atoms with Gasteiger partial charge in [0.2, 0.25) is 10.0 Å². The molecule has 0 amide bonds. The lowest BCUT2D eigenvalue weighted by molar-refractivity contribution is 0.244. The van der Waals surface area contributed by atoms with Crippen molar-refractivity contribution in [3.05, 3.63) is 0 Å². The molecule has 0 aromatic heterocycles. The van der Waals surface area contributed by atoms with Crippen LogP contribution >= 0.6 is 0 Å². The maximum atomic E-state index is 12.4. The molecule has 5 heteroatoms. The quantitative estimate of drug-likeness (QED) is 0.800. The molecular formula is C13H26N2O2S. The van der Waals surface area contributed by atoms with Gasteiger partial charge in [-0.15, -0.1) is 0 Å². The third kappa shape index (κ3) is 3.93. The monoisotopic (exact) mass is 274 g/mol. The van der Waals surface area contributed by atoms with Gasteiger partial charge in [0.05, 0.1) is 5.75 Å². The molecule has 1 N–H and O–H groups in total. The Labute approximate surface area is 111 Å². The second kappa shape index (κ2) is 5.88. The first-order valence-electron chi connectivity index (χ1n) is 7.22. The van der Waals surface area contributed by atoms with Crippen molar-refractivity contribution in [3.63, 3.8) is 0 Å². The Balaban J connectivity index is 1.96. The van der Waals surface area contributed by atoms with Gasteiger partial charge in [0, 0.05) is 25.2 Å². The first-order valence-corrected chi connectivity index (χ1v) is 8.83. The molecule has 1 atom stereocenters. The summed E-state index contributed by atoms with van der Waals surface area (Å²) in [6.45, 7) is 5.49. The van der Waals surface area contributed by atoms with Crippen molar-refractivity contribution in [2.75, 3.05) is 18.8 Å². The van der Waals surface area contributed by atoms with Crippen LogP contribution in [0.3, 0.4) is 0 Å². The molecule has 2 rings (SSSR count). The second-order valence-corrected chi connectivity index (χ2v) is 8.08. The maximum Gasteiger partial charge on any atom is 0.214 e. The summed E-state index contributed by atoms with van der Waals surface area (Å²) in [4.78, 5) is 0. The highest BCUT2D eigenvalue weighted by atomic mass is 32.2. The Bertz CT molecular complexity index is 363. The predicted octanol–water partition coefficient (Wildman–Crippen LogP) is 1.58. The van der Waals surface area contributed by atoms with Crippen molar-refractivity contribution in [3.8, 4) is 0 Å². The van der Waals surface area contributed by atoms with Crippen LogP contribution in [-0.4, -0.2) is 43.6 Å². The minimum Gasteiger partial charge on any atom is -0.312 e. The SMILES string of the molecule is CC(C)CS(=O)(=O)N1CCCCC1CNC1CC1. The van der Waals surface area contributed by atoms with E-state index in [9.17, 15) is 8.42 Å². The smallest absolute Gasteiger partial charge is 0.214 e. The second-order valence-electron chi connectivity index (χ2n) is 6.12. The Morgan fingerprint density at radius 1 is 1.22 bits per heavy atom. The van der Waals surface area contributed by atoms with Crippen LogP contribution in [0.4, 0.5) is 0 Å². The number of nitrogens with one attached hydrogen (secondary N) is 1. The van der Waals surface area contributed by atoms with Gasteiger partial charge in [-0.3, -0.25) is 0 Å². The van der Waals surface area contributed by atoms with Crippen molar-refractivity contribution in [2.24, 2.45) is 5.92 Å². The van der Waals surface area contributed by atoms with E-state index in [1.807, 2.05) is 13.8 Å². The minimum atomic E-state index is -3.07. The molecule has 18 heavy (non-hydrogen) atoms. The molecule has 0 bridgehead atoms. The van der Waals surface area contributed by atoms with Crippen molar-refractivity contribution in [1.29, 1.82) is 0 Å². The maximum absolute atomic E-state index is 12.4. The van der Waals surface area contributed by atoms with Crippen LogP contribution in [0.5, 0.6) is 0 Å². The summed E-state index contributed by atoms with van der Waals surface area (Å²) in [5, 5.41) is 3.48. The standard InChI is InChI=1S/C13H26N2O2S/c1-11(2)10-18(16,17)15-8-4-3-5-13(15)9-14-12-6-7-12/h11-14H,3-10H2,1-2H3. The van der Waals surface area contributed by atoms with E-state index in [0.29, 0.717) is 12.6 Å². The summed E-state index contributed by atoms with van der Waals surface area (Å²) in [5.41, 5.74) is 0. The molecular weight excluding hydrogens is 248 g/mol. The highest BCUT2D eigenvalue weighted by Gasteiger charge is 2.33. The number of hydrogen-bond donors (Lipinski definition) is 1. The first kappa shape index (κ1) is 14.3. The molecule has 0 aromatic rings. The third-order valence-corrected chi connectivity index (χ3v) is 5.98. The summed E-state index contributed by atoms with van der Waals surface area (Å²) >= 11 is 0. The van der Waals surface area contributed by atoms with E-state index in [0.717, 1.165) is 25.8 Å². The zero-order valence-electron chi connectivity index (χ0n) is 11.6. The van der Waals surface area contributed by atoms with Gasteiger partial charge in [0.15, 0.2) is 0 Å². The number of rotatable bonds is 6. The lowest BCUT2D eigenvalue weighted by atomic mass is 10.1. The van der Waals surface area contributed by atoms with E-state index in [-0.39, 0.29) is 17.7 Å². The molecule has 1 aliphatic carbocycles. The van der Waals surface area contributed by atoms with E-state index in [4.69, 9.17) is 0 Å². The molecule has 4 nitrogen and oxygen atoms in total. The van der Waals surface area contributed by atoms with Crippen LogP contribution in [0.2, 0.25) is 0 Å². The highest BCUT2D eigenvalue weighted by molar-refractivity contribution is 7.89. The zero-order chi connectivity index (χ0) is 13.2. The van der Waals surface area contributed by atoms with Gasteiger partial charge >= 0.3 is 0 Å². The number of piperidine rings is 1. The van der Waals surface area contributed by atoms with Crippen molar-refractivity contribution < 1.29 is 8.42 Å². The Morgan fingerprint density at radius 3 is 2.56 bits per heavy atom. The molecule has 2 fully saturated rings. The number of sulfonamides is 1. The van der Waals surface area contributed by atoms with Gasteiger partial charge in [0.1, 0.15) is 0 Å². The van der Waals surface area contributed by atoms with E-state index in [1.54, 1.807) is 4.31 Å². The van der Waals surface area contributed by atoms with Crippen LogP contribution < -0.4 is 5.32 Å². The summed E-state index contributed by atoms with van der Waals surface area (Å²) in [7, 11) is -3.07. The van der Waals surface area contributed by atoms with Crippen LogP contribution in [0, 0.1) is 5.92 Å². The molecule has 1 saturated heterocycles. The van der Waals surface area contributed by atoms with Crippen molar-refractivity contribution >= 4 is 10.0 Å². The van der Waals surface area contributed by atoms with Crippen molar-refractivity contribution in [2.45, 2.75) is 58.0 Å². The van der Waals surface area contributed by atoms with Crippen LogP contribution in [0.1, 0.15) is 46.0 Å². The summed E-state index contributed by atoms with van der Waals surface area (Å²) in [5.74, 6) is 0.487. The van der Waals surface area contributed by atoms with Crippen LogP contribution in [-0.2, 0) is 10.0 Å². The lowest BCUT2D eigenvalue weighted by Crippen LogP contribution is -2.49. The molecule has 1 unspecified atom stereocenters. The van der Waals surface area contributed by atoms with Crippen LogP contribution in [0.25, 0.3) is 0 Å². The molecule has 0 radical (unpaired) electrons. The lowest BCUT2D eigenvalue weighted by Gasteiger charge is -2.35. The largest absolute Gasteiger partial charge is 0.312 e. The Hall–Kier alpha value is -0.130. The van der Waals surface area contributed by atoms with E-state index < -0.39 is 10.0 Å². The molecule has 0 spiro atoms. The van der Waals surface area contributed by atoms with E-state index in [2.05, 4.69) is 5.32 Å². The molecule has 2 aliphatic rings. The fraction of sp³-hybridized carbons (Fsp3) is 1.00. The van der Waals surface area contributed by atoms with Crippen LogP contribution in [0.15, 0.2) is 0 Å². The highest BCUT2D eigenvalue weighted by Crippen LogP contribution is 2.24. The van der Waals surface area contributed by atoms with Gasteiger partial charge in [-0.1, -0.05) is 20.3 Å². The topological polar surface area (TPSA) is 49.4 Å². The average molecular weight is 274 g/mol. The van der Waals surface area contributed by atoms with Gasteiger partial charge in [-0.25, -0.2) is 8.42 Å². The molecule has 106 valence electrons. The Kier molecular flexibility index (Phi) is 4.67. The fourth-order valence-electron chi connectivity index (χ4n) is 2.65. The number of hydrogen-bond acceptors (Lipinski definition) is 3. The summed E-state index contributed by atoms with van der Waals surface area (Å²) < 4.78 is 26.5. The number of nitrogens with zero attached hydrogens (tertiary/aromatic N) is 1. The Morgan fingerprint density at radius 2 is 1.94 bits per heavy atom. The van der Waals surface area contributed by atoms with Gasteiger partial charge < -0.3 is 5.32 Å². The molecule has 0 aromatic carbocycles. The molecule has 1 heterocycles. The summed E-state index contributed by atoms with van der Waals surface area (Å²) in [6, 6.07) is 0.838. The third-order valence-electron chi connectivity index (χ3n) is 3.69. The van der Waals surface area contributed by atoms with Gasteiger partial charge in [0.25, 0.3) is 0 Å². The summed E-state index contributed by atoms with van der Waals surface area (Å²) in [6.07, 6.45) is 5.69. The van der Waals surface area contributed by atoms with Gasteiger partial charge in [-0.2, -0.15) is 4.31 Å². The minimum absolute atomic E-state index is 0.183. The fourth-order valence-corrected chi connectivity index (χ4v) is 4.73. The predicted molar refractivity (Wildman–Crippen MR) is 74.0 cm³/mol. The molecule has 1 saturated carbocycles. The normalized spacial score (nSPS) is 26.7. The van der Waals surface area contributed by atoms with Crippen molar-refractivity contribution in [1.82, 2.24) is 9.62 Å². The molecule has 1 aliphatic heterocycles. The first-order chi connectivity index (χ1) is 8.49. The van der Waals surface area contributed by atoms with E-state index in [1.165, 1.54) is 12.8 Å². The average Bonchev–Trinajstić information content (AvgIpc) is 3.08. The van der Waals surface area contributed by atoms with E-state index >= 15 is 0 Å². The zero-order valence-corrected chi connectivity index (χ0v) is 12.4.